The summed E-state index contributed by atoms with van der Waals surface area (Å²) in [5.74, 6) is -0.118. The van der Waals surface area contributed by atoms with Crippen molar-refractivity contribution in [2.45, 2.75) is 44.1 Å². The Kier molecular flexibility index (Phi) is 3.06. The molecule has 0 spiro atoms. The molecule has 2 rings (SSSR count). The SMILES string of the molecule is NC1(Cc2ccccc2F)CCCCC1. The maximum absolute atomic E-state index is 13.5. The van der Waals surface area contributed by atoms with Crippen LogP contribution in [0, 0.1) is 5.82 Å². The number of rotatable bonds is 2. The van der Waals surface area contributed by atoms with Crippen molar-refractivity contribution in [1.29, 1.82) is 0 Å². The maximum Gasteiger partial charge on any atom is 0.126 e. The van der Waals surface area contributed by atoms with Gasteiger partial charge in [-0.05, 0) is 30.9 Å². The van der Waals surface area contributed by atoms with Gasteiger partial charge in [0.15, 0.2) is 0 Å². The lowest BCUT2D eigenvalue weighted by molar-refractivity contribution is 0.291. The Morgan fingerprint density at radius 1 is 1.13 bits per heavy atom. The van der Waals surface area contributed by atoms with E-state index in [0.717, 1.165) is 18.4 Å². The van der Waals surface area contributed by atoms with Crippen LogP contribution in [0.15, 0.2) is 24.3 Å². The first kappa shape index (κ1) is 10.6. The van der Waals surface area contributed by atoms with Crippen molar-refractivity contribution in [3.63, 3.8) is 0 Å². The summed E-state index contributed by atoms with van der Waals surface area (Å²) in [6.45, 7) is 0. The molecule has 0 saturated heterocycles. The molecule has 2 heteroatoms. The molecule has 0 amide bonds. The predicted molar refractivity (Wildman–Crippen MR) is 60.1 cm³/mol. The predicted octanol–water partition coefficient (Wildman–Crippen LogP) is 3.03. The maximum atomic E-state index is 13.5. The van der Waals surface area contributed by atoms with Crippen LogP contribution < -0.4 is 5.73 Å². The number of nitrogens with two attached hydrogens (primary N) is 1. The van der Waals surface area contributed by atoms with Crippen LogP contribution in [-0.2, 0) is 6.42 Å². The second-order valence-electron chi connectivity index (χ2n) is 4.69. The topological polar surface area (TPSA) is 26.0 Å². The summed E-state index contributed by atoms with van der Waals surface area (Å²) < 4.78 is 13.5. The fraction of sp³-hybridized carbons (Fsp3) is 0.538. The van der Waals surface area contributed by atoms with Gasteiger partial charge in [-0.3, -0.25) is 0 Å². The molecule has 0 heterocycles. The zero-order chi connectivity index (χ0) is 10.7. The lowest BCUT2D eigenvalue weighted by Gasteiger charge is -2.33. The second kappa shape index (κ2) is 4.31. The van der Waals surface area contributed by atoms with E-state index in [1.165, 1.54) is 25.3 Å². The van der Waals surface area contributed by atoms with Gasteiger partial charge in [0.05, 0.1) is 0 Å². The first-order valence-electron chi connectivity index (χ1n) is 5.72. The van der Waals surface area contributed by atoms with E-state index in [1.807, 2.05) is 12.1 Å². The van der Waals surface area contributed by atoms with E-state index in [4.69, 9.17) is 5.73 Å². The molecule has 1 aromatic rings. The van der Waals surface area contributed by atoms with Gasteiger partial charge in [0.25, 0.3) is 0 Å². The average Bonchev–Trinajstić information content (AvgIpc) is 2.22. The Bertz CT molecular complexity index is 329. The van der Waals surface area contributed by atoms with Crippen molar-refractivity contribution < 1.29 is 4.39 Å². The molecule has 0 unspecified atom stereocenters. The van der Waals surface area contributed by atoms with E-state index < -0.39 is 0 Å². The van der Waals surface area contributed by atoms with Gasteiger partial charge in [-0.2, -0.15) is 0 Å². The van der Waals surface area contributed by atoms with Crippen LogP contribution in [0.5, 0.6) is 0 Å². The minimum absolute atomic E-state index is 0.118. The largest absolute Gasteiger partial charge is 0.325 e. The molecule has 0 aliphatic heterocycles. The molecule has 82 valence electrons. The normalized spacial score (nSPS) is 20.1. The number of hydrogen-bond acceptors (Lipinski definition) is 1. The van der Waals surface area contributed by atoms with Crippen LogP contribution in [0.1, 0.15) is 37.7 Å². The molecule has 1 saturated carbocycles. The summed E-state index contributed by atoms with van der Waals surface area (Å²) in [4.78, 5) is 0. The van der Waals surface area contributed by atoms with E-state index in [1.54, 1.807) is 6.07 Å². The molecule has 0 bridgehead atoms. The van der Waals surface area contributed by atoms with Crippen molar-refractivity contribution in [1.82, 2.24) is 0 Å². The summed E-state index contributed by atoms with van der Waals surface area (Å²) >= 11 is 0. The molecule has 0 radical (unpaired) electrons. The first-order chi connectivity index (χ1) is 7.20. The molecule has 0 aromatic heterocycles. The fourth-order valence-electron chi connectivity index (χ4n) is 2.45. The van der Waals surface area contributed by atoms with Gasteiger partial charge in [0, 0.05) is 5.54 Å². The molecule has 0 atom stereocenters. The molecule has 1 aromatic carbocycles. The number of halogens is 1. The summed E-state index contributed by atoms with van der Waals surface area (Å²) in [5.41, 5.74) is 6.89. The van der Waals surface area contributed by atoms with E-state index in [2.05, 4.69) is 0 Å². The lowest BCUT2D eigenvalue weighted by Crippen LogP contribution is -2.43. The third kappa shape index (κ3) is 2.57. The lowest BCUT2D eigenvalue weighted by atomic mass is 9.78. The van der Waals surface area contributed by atoms with Crippen molar-refractivity contribution in [2.75, 3.05) is 0 Å². The van der Waals surface area contributed by atoms with Crippen LogP contribution in [0.2, 0.25) is 0 Å². The van der Waals surface area contributed by atoms with Crippen molar-refractivity contribution >= 4 is 0 Å². The molecule has 2 N–H and O–H groups in total. The van der Waals surface area contributed by atoms with Crippen molar-refractivity contribution in [3.05, 3.63) is 35.6 Å². The van der Waals surface area contributed by atoms with Crippen LogP contribution in [0.25, 0.3) is 0 Å². The molecule has 1 aliphatic carbocycles. The zero-order valence-electron chi connectivity index (χ0n) is 9.01. The van der Waals surface area contributed by atoms with Gasteiger partial charge in [0.2, 0.25) is 0 Å². The quantitative estimate of drug-likeness (QED) is 0.792. The summed E-state index contributed by atoms with van der Waals surface area (Å²) in [6, 6.07) is 6.97. The molecular weight excluding hydrogens is 189 g/mol. The van der Waals surface area contributed by atoms with Crippen molar-refractivity contribution in [3.8, 4) is 0 Å². The Balaban J connectivity index is 2.10. The van der Waals surface area contributed by atoms with Crippen LogP contribution in [-0.4, -0.2) is 5.54 Å². The molecule has 15 heavy (non-hydrogen) atoms. The first-order valence-corrected chi connectivity index (χ1v) is 5.72. The minimum atomic E-state index is -0.166. The summed E-state index contributed by atoms with van der Waals surface area (Å²) in [7, 11) is 0. The third-order valence-corrected chi connectivity index (χ3v) is 3.35. The standard InChI is InChI=1S/C13H18FN/c14-12-7-3-2-6-11(12)10-13(15)8-4-1-5-9-13/h2-3,6-7H,1,4-5,8-10,15H2. The fourth-order valence-corrected chi connectivity index (χ4v) is 2.45. The summed E-state index contributed by atoms with van der Waals surface area (Å²) in [6.07, 6.45) is 6.38. The van der Waals surface area contributed by atoms with Gasteiger partial charge in [-0.15, -0.1) is 0 Å². The highest BCUT2D eigenvalue weighted by molar-refractivity contribution is 5.20. The van der Waals surface area contributed by atoms with Gasteiger partial charge >= 0.3 is 0 Å². The second-order valence-corrected chi connectivity index (χ2v) is 4.69. The molecule has 1 fully saturated rings. The van der Waals surface area contributed by atoms with Gasteiger partial charge in [-0.25, -0.2) is 4.39 Å². The highest BCUT2D eigenvalue weighted by atomic mass is 19.1. The smallest absolute Gasteiger partial charge is 0.126 e. The van der Waals surface area contributed by atoms with Crippen LogP contribution >= 0.6 is 0 Å². The van der Waals surface area contributed by atoms with E-state index >= 15 is 0 Å². The molecule has 1 aliphatic rings. The zero-order valence-corrected chi connectivity index (χ0v) is 9.01. The monoisotopic (exact) mass is 207 g/mol. The minimum Gasteiger partial charge on any atom is -0.325 e. The third-order valence-electron chi connectivity index (χ3n) is 3.35. The summed E-state index contributed by atoms with van der Waals surface area (Å²) in [5, 5.41) is 0. The Morgan fingerprint density at radius 2 is 1.80 bits per heavy atom. The van der Waals surface area contributed by atoms with Gasteiger partial charge in [0.1, 0.15) is 5.82 Å². The highest BCUT2D eigenvalue weighted by Crippen LogP contribution is 2.29. The van der Waals surface area contributed by atoms with Gasteiger partial charge < -0.3 is 5.73 Å². The van der Waals surface area contributed by atoms with Gasteiger partial charge in [-0.1, -0.05) is 37.5 Å². The Morgan fingerprint density at radius 3 is 2.47 bits per heavy atom. The molecular formula is C13H18FN. The number of benzene rings is 1. The van der Waals surface area contributed by atoms with Crippen LogP contribution in [0.3, 0.4) is 0 Å². The average molecular weight is 207 g/mol. The Hall–Kier alpha value is -0.890. The van der Waals surface area contributed by atoms with E-state index in [0.29, 0.717) is 6.42 Å². The van der Waals surface area contributed by atoms with Crippen molar-refractivity contribution in [2.24, 2.45) is 5.73 Å². The number of hydrogen-bond donors (Lipinski definition) is 1. The van der Waals surface area contributed by atoms with E-state index in [9.17, 15) is 4.39 Å². The molecule has 1 nitrogen and oxygen atoms in total. The highest BCUT2D eigenvalue weighted by Gasteiger charge is 2.28. The Labute approximate surface area is 90.5 Å². The van der Waals surface area contributed by atoms with E-state index in [-0.39, 0.29) is 11.4 Å². The van der Waals surface area contributed by atoms with Crippen LogP contribution in [0.4, 0.5) is 4.39 Å².